The van der Waals surface area contributed by atoms with Crippen molar-refractivity contribution in [2.75, 3.05) is 0 Å². The normalized spacial score (nSPS) is 15.3. The van der Waals surface area contributed by atoms with Gasteiger partial charge in [0.05, 0.1) is 4.91 Å². The van der Waals surface area contributed by atoms with Gasteiger partial charge in [0.15, 0.2) is 0 Å². The van der Waals surface area contributed by atoms with Crippen molar-refractivity contribution in [3.8, 4) is 0 Å². The average molecular weight is 373 g/mol. The molecule has 1 fully saturated rings. The molecule has 126 valence electrons. The molecule has 5 nitrogen and oxygen atoms in total. The summed E-state index contributed by atoms with van der Waals surface area (Å²) >= 11 is 6.92. The van der Waals surface area contributed by atoms with E-state index in [1.165, 1.54) is 0 Å². The summed E-state index contributed by atoms with van der Waals surface area (Å²) in [7, 11) is 0. The molecule has 7 heteroatoms. The number of hydrogen-bond acceptors (Lipinski definition) is 4. The minimum absolute atomic E-state index is 0.220. The van der Waals surface area contributed by atoms with Crippen molar-refractivity contribution in [1.29, 1.82) is 0 Å². The molecule has 0 saturated carbocycles. The molecule has 0 radical (unpaired) electrons. The van der Waals surface area contributed by atoms with Gasteiger partial charge in [0.1, 0.15) is 0 Å². The van der Waals surface area contributed by atoms with Crippen LogP contribution in [0.3, 0.4) is 0 Å². The maximum atomic E-state index is 12.2. The molecule has 1 heterocycles. The van der Waals surface area contributed by atoms with Gasteiger partial charge < -0.3 is 5.32 Å². The van der Waals surface area contributed by atoms with Crippen molar-refractivity contribution in [3.05, 3.63) is 75.1 Å². The Kier molecular flexibility index (Phi) is 5.21. The van der Waals surface area contributed by atoms with Gasteiger partial charge in [0.25, 0.3) is 17.1 Å². The summed E-state index contributed by atoms with van der Waals surface area (Å²) < 4.78 is 0. The van der Waals surface area contributed by atoms with Crippen LogP contribution in [0.1, 0.15) is 21.5 Å². The number of hydrogen-bond donors (Lipinski definition) is 2. The summed E-state index contributed by atoms with van der Waals surface area (Å²) in [5.74, 6) is -0.626. The minimum atomic E-state index is -0.406. The first-order valence-electron chi connectivity index (χ1n) is 7.39. The van der Waals surface area contributed by atoms with Crippen LogP contribution in [0.25, 0.3) is 6.08 Å². The molecule has 2 aromatic carbocycles. The first kappa shape index (κ1) is 17.3. The van der Waals surface area contributed by atoms with Gasteiger partial charge in [0, 0.05) is 17.1 Å². The van der Waals surface area contributed by atoms with E-state index in [4.69, 9.17) is 11.6 Å². The van der Waals surface area contributed by atoms with E-state index in [9.17, 15) is 14.4 Å². The Hall–Kier alpha value is -2.57. The lowest BCUT2D eigenvalue weighted by molar-refractivity contribution is -0.115. The largest absolute Gasteiger partial charge is 0.348 e. The van der Waals surface area contributed by atoms with Gasteiger partial charge in [-0.25, -0.2) is 0 Å². The van der Waals surface area contributed by atoms with Crippen molar-refractivity contribution in [2.45, 2.75) is 6.54 Å². The maximum Gasteiger partial charge on any atom is 0.290 e. The number of amides is 3. The number of benzene rings is 2. The Balaban J connectivity index is 1.65. The molecular formula is C18H13ClN2O3S. The molecule has 3 rings (SSSR count). The number of halogens is 1. The summed E-state index contributed by atoms with van der Waals surface area (Å²) in [4.78, 5) is 35.2. The Bertz CT molecular complexity index is 878. The van der Waals surface area contributed by atoms with E-state index in [1.807, 2.05) is 18.2 Å². The van der Waals surface area contributed by atoms with Crippen molar-refractivity contribution >= 4 is 46.5 Å². The highest BCUT2D eigenvalue weighted by Gasteiger charge is 2.24. The van der Waals surface area contributed by atoms with Gasteiger partial charge in [-0.1, -0.05) is 41.9 Å². The molecule has 0 bridgehead atoms. The summed E-state index contributed by atoms with van der Waals surface area (Å²) in [6, 6.07) is 14.1. The van der Waals surface area contributed by atoms with Crippen molar-refractivity contribution in [3.63, 3.8) is 0 Å². The predicted molar refractivity (Wildman–Crippen MR) is 98.2 cm³/mol. The van der Waals surface area contributed by atoms with E-state index in [1.54, 1.807) is 36.4 Å². The molecule has 0 aromatic heterocycles. The zero-order valence-corrected chi connectivity index (χ0v) is 14.5. The first-order chi connectivity index (χ1) is 12.0. The lowest BCUT2D eigenvalue weighted by Gasteiger charge is -2.07. The number of carbonyl (C=O) groups excluding carboxylic acids is 3. The lowest BCUT2D eigenvalue weighted by Crippen LogP contribution is -2.22. The fourth-order valence-electron chi connectivity index (χ4n) is 2.22. The molecular weight excluding hydrogens is 360 g/mol. The van der Waals surface area contributed by atoms with Crippen LogP contribution in [0.4, 0.5) is 4.79 Å². The molecule has 0 aliphatic carbocycles. The van der Waals surface area contributed by atoms with Crippen molar-refractivity contribution < 1.29 is 14.4 Å². The summed E-state index contributed by atoms with van der Waals surface area (Å²) in [6.45, 7) is 0.337. The predicted octanol–water partition coefficient (Wildman–Crippen LogP) is 3.59. The second-order valence-corrected chi connectivity index (χ2v) is 6.67. The topological polar surface area (TPSA) is 75.3 Å². The van der Waals surface area contributed by atoms with E-state index >= 15 is 0 Å². The molecule has 0 atom stereocenters. The average Bonchev–Trinajstić information content (AvgIpc) is 2.92. The van der Waals surface area contributed by atoms with Crippen LogP contribution >= 0.6 is 23.4 Å². The molecule has 1 aliphatic rings. The Morgan fingerprint density at radius 2 is 1.84 bits per heavy atom. The molecule has 0 spiro atoms. The van der Waals surface area contributed by atoms with Crippen LogP contribution in [0.15, 0.2) is 53.4 Å². The highest BCUT2D eigenvalue weighted by molar-refractivity contribution is 8.18. The third-order valence-corrected chi connectivity index (χ3v) is 4.69. The zero-order valence-electron chi connectivity index (χ0n) is 12.9. The fourth-order valence-corrected chi connectivity index (χ4v) is 3.11. The number of nitrogens with one attached hydrogen (secondary N) is 2. The highest BCUT2D eigenvalue weighted by Crippen LogP contribution is 2.25. The Labute approximate surface area is 153 Å². The van der Waals surface area contributed by atoms with Gasteiger partial charge in [-0.15, -0.1) is 0 Å². The second-order valence-electron chi connectivity index (χ2n) is 5.25. The summed E-state index contributed by atoms with van der Waals surface area (Å²) in [5.41, 5.74) is 2.07. The molecule has 2 N–H and O–H groups in total. The third kappa shape index (κ3) is 4.29. The highest BCUT2D eigenvalue weighted by atomic mass is 35.5. The number of carbonyl (C=O) groups is 3. The number of imide groups is 1. The molecule has 0 unspecified atom stereocenters. The quantitative estimate of drug-likeness (QED) is 0.804. The summed E-state index contributed by atoms with van der Waals surface area (Å²) in [6.07, 6.45) is 1.61. The number of thioether (sulfide) groups is 1. The molecule has 1 saturated heterocycles. The van der Waals surface area contributed by atoms with Gasteiger partial charge in [0.2, 0.25) is 0 Å². The maximum absolute atomic E-state index is 12.2. The van der Waals surface area contributed by atoms with Crippen LogP contribution in [0, 0.1) is 0 Å². The number of rotatable bonds is 4. The van der Waals surface area contributed by atoms with Crippen LogP contribution < -0.4 is 10.6 Å². The van der Waals surface area contributed by atoms with Crippen LogP contribution in [-0.4, -0.2) is 17.1 Å². The molecule has 3 amide bonds. The SMILES string of the molecule is O=C1NC(=O)C(=Cc2ccc(C(=O)NCc3ccccc3Cl)cc2)S1. The first-order valence-corrected chi connectivity index (χ1v) is 8.59. The Morgan fingerprint density at radius 3 is 2.48 bits per heavy atom. The minimum Gasteiger partial charge on any atom is -0.348 e. The van der Waals surface area contributed by atoms with E-state index < -0.39 is 5.91 Å². The van der Waals surface area contributed by atoms with E-state index in [2.05, 4.69) is 10.6 Å². The van der Waals surface area contributed by atoms with Crippen molar-refractivity contribution in [2.24, 2.45) is 0 Å². The van der Waals surface area contributed by atoms with Gasteiger partial charge >= 0.3 is 0 Å². The lowest BCUT2D eigenvalue weighted by atomic mass is 10.1. The Morgan fingerprint density at radius 1 is 1.12 bits per heavy atom. The molecule has 25 heavy (non-hydrogen) atoms. The standard InChI is InChI=1S/C18H13ClN2O3S/c19-14-4-2-1-3-13(14)10-20-16(22)12-7-5-11(6-8-12)9-15-17(23)21-18(24)25-15/h1-9H,10H2,(H,20,22)(H,21,23,24). The van der Waals surface area contributed by atoms with Crippen LogP contribution in [0.5, 0.6) is 0 Å². The van der Waals surface area contributed by atoms with E-state index in [-0.39, 0.29) is 11.1 Å². The van der Waals surface area contributed by atoms with E-state index in [0.717, 1.165) is 22.9 Å². The monoisotopic (exact) mass is 372 g/mol. The summed E-state index contributed by atoms with van der Waals surface area (Å²) in [5, 5.41) is 5.23. The zero-order chi connectivity index (χ0) is 17.8. The van der Waals surface area contributed by atoms with Gasteiger partial charge in [-0.2, -0.15) is 0 Å². The van der Waals surface area contributed by atoms with E-state index in [0.29, 0.717) is 22.0 Å². The van der Waals surface area contributed by atoms with Crippen LogP contribution in [0.2, 0.25) is 5.02 Å². The second kappa shape index (κ2) is 7.55. The smallest absolute Gasteiger partial charge is 0.290 e. The molecule has 2 aromatic rings. The van der Waals surface area contributed by atoms with Gasteiger partial charge in [-0.05, 0) is 47.2 Å². The van der Waals surface area contributed by atoms with Crippen molar-refractivity contribution in [1.82, 2.24) is 10.6 Å². The van der Waals surface area contributed by atoms with Crippen LogP contribution in [-0.2, 0) is 11.3 Å². The van der Waals surface area contributed by atoms with Gasteiger partial charge in [-0.3, -0.25) is 19.7 Å². The fraction of sp³-hybridized carbons (Fsp3) is 0.0556. The molecule has 1 aliphatic heterocycles. The third-order valence-electron chi connectivity index (χ3n) is 3.51.